The summed E-state index contributed by atoms with van der Waals surface area (Å²) in [6, 6.07) is 10.5. The van der Waals surface area contributed by atoms with Crippen molar-refractivity contribution in [1.29, 1.82) is 0 Å². The quantitative estimate of drug-likeness (QED) is 0.493. The zero-order valence-electron chi connectivity index (χ0n) is 13.8. The molecule has 0 spiro atoms. The summed E-state index contributed by atoms with van der Waals surface area (Å²) < 4.78 is 14.0. The summed E-state index contributed by atoms with van der Waals surface area (Å²) in [6.45, 7) is 1.61. The number of hydrogen-bond acceptors (Lipinski definition) is 6. The van der Waals surface area contributed by atoms with Crippen LogP contribution in [0.4, 0.5) is 21.5 Å². The minimum absolute atomic E-state index is 0.0149. The predicted molar refractivity (Wildman–Crippen MR) is 93.2 cm³/mol. The van der Waals surface area contributed by atoms with Crippen LogP contribution in [-0.2, 0) is 0 Å². The van der Waals surface area contributed by atoms with Crippen LogP contribution in [0.2, 0.25) is 0 Å². The van der Waals surface area contributed by atoms with Crippen molar-refractivity contribution in [3.05, 3.63) is 64.0 Å². The van der Waals surface area contributed by atoms with Crippen molar-refractivity contribution in [1.82, 2.24) is 5.48 Å². The van der Waals surface area contributed by atoms with E-state index in [1.54, 1.807) is 23.1 Å². The summed E-state index contributed by atoms with van der Waals surface area (Å²) in [5.41, 5.74) is 1.94. The number of nitro groups is 1. The minimum atomic E-state index is -0.819. The number of nitrogens with one attached hydrogen (secondary N) is 1. The Labute approximate surface area is 148 Å². The second-order valence-electron chi connectivity index (χ2n) is 5.80. The van der Waals surface area contributed by atoms with E-state index in [-0.39, 0.29) is 22.8 Å². The third-order valence-electron chi connectivity index (χ3n) is 4.35. The van der Waals surface area contributed by atoms with Crippen LogP contribution in [0.1, 0.15) is 10.4 Å². The van der Waals surface area contributed by atoms with Crippen molar-refractivity contribution in [3.8, 4) is 0 Å². The van der Waals surface area contributed by atoms with E-state index in [4.69, 9.17) is 5.21 Å². The summed E-state index contributed by atoms with van der Waals surface area (Å²) >= 11 is 0. The lowest BCUT2D eigenvalue weighted by atomic mass is 10.1. The van der Waals surface area contributed by atoms with Crippen molar-refractivity contribution in [2.75, 3.05) is 36.0 Å². The lowest BCUT2D eigenvalue weighted by molar-refractivity contribution is -0.384. The molecule has 0 aromatic heterocycles. The van der Waals surface area contributed by atoms with E-state index in [1.165, 1.54) is 29.7 Å². The molecular weight excluding hydrogens is 343 g/mol. The summed E-state index contributed by atoms with van der Waals surface area (Å²) in [5, 5.41) is 20.3. The van der Waals surface area contributed by atoms with Crippen molar-refractivity contribution in [2.45, 2.75) is 0 Å². The predicted octanol–water partition coefficient (Wildman–Crippen LogP) is 2.18. The summed E-state index contributed by atoms with van der Waals surface area (Å²) in [6.07, 6.45) is 0. The van der Waals surface area contributed by atoms with Gasteiger partial charge in [-0.15, -0.1) is 0 Å². The molecule has 2 N–H and O–H groups in total. The highest BCUT2D eigenvalue weighted by Gasteiger charge is 2.29. The molecule has 1 heterocycles. The third-order valence-corrected chi connectivity index (χ3v) is 4.35. The van der Waals surface area contributed by atoms with Crippen LogP contribution in [0.3, 0.4) is 0 Å². The normalized spacial score (nSPS) is 14.2. The molecule has 2 aromatic carbocycles. The fraction of sp³-hybridized carbons (Fsp3) is 0.235. The van der Waals surface area contributed by atoms with E-state index >= 15 is 0 Å². The number of carbonyl (C=O) groups excluding carboxylic acids is 1. The Kier molecular flexibility index (Phi) is 4.99. The molecule has 2 aromatic rings. The third kappa shape index (κ3) is 3.29. The first kappa shape index (κ1) is 17.6. The molecule has 1 aliphatic heterocycles. The maximum absolute atomic E-state index is 14.0. The number of anilines is 2. The van der Waals surface area contributed by atoms with Crippen LogP contribution >= 0.6 is 0 Å². The SMILES string of the molecule is O=C(NO)c1cccc([N+](=O)[O-])c1N1CCN(c2ccccc2F)CC1. The number of nitro benzene ring substituents is 1. The van der Waals surface area contributed by atoms with Gasteiger partial charge in [-0.1, -0.05) is 18.2 Å². The average Bonchev–Trinajstić information content (AvgIpc) is 2.67. The van der Waals surface area contributed by atoms with Gasteiger partial charge in [0.25, 0.3) is 11.6 Å². The molecule has 3 rings (SSSR count). The fourth-order valence-corrected chi connectivity index (χ4v) is 3.13. The Bertz CT molecular complexity index is 837. The molecule has 8 nitrogen and oxygen atoms in total. The monoisotopic (exact) mass is 360 g/mol. The summed E-state index contributed by atoms with van der Waals surface area (Å²) in [5.74, 6) is -1.15. The number of hydrogen-bond donors (Lipinski definition) is 2. The van der Waals surface area contributed by atoms with E-state index in [9.17, 15) is 19.3 Å². The molecule has 0 atom stereocenters. The molecule has 0 saturated carbocycles. The van der Waals surface area contributed by atoms with Gasteiger partial charge in [-0.05, 0) is 18.2 Å². The summed E-state index contributed by atoms with van der Waals surface area (Å²) in [4.78, 5) is 26.3. The van der Waals surface area contributed by atoms with Crippen LogP contribution in [0, 0.1) is 15.9 Å². The molecule has 0 aliphatic carbocycles. The largest absolute Gasteiger partial charge is 0.366 e. The molecule has 1 saturated heterocycles. The van der Waals surface area contributed by atoms with Crippen LogP contribution in [0.15, 0.2) is 42.5 Å². The van der Waals surface area contributed by atoms with Crippen LogP contribution in [0.5, 0.6) is 0 Å². The highest BCUT2D eigenvalue weighted by Crippen LogP contribution is 2.33. The average molecular weight is 360 g/mol. The van der Waals surface area contributed by atoms with Gasteiger partial charge in [0.1, 0.15) is 11.5 Å². The first-order chi connectivity index (χ1) is 12.5. The number of nitrogens with zero attached hydrogens (tertiary/aromatic N) is 3. The lowest BCUT2D eigenvalue weighted by Gasteiger charge is -2.37. The molecule has 1 amide bonds. The van der Waals surface area contributed by atoms with Crippen molar-refractivity contribution in [2.24, 2.45) is 0 Å². The fourth-order valence-electron chi connectivity index (χ4n) is 3.13. The van der Waals surface area contributed by atoms with Gasteiger partial charge in [0.15, 0.2) is 0 Å². The van der Waals surface area contributed by atoms with E-state index < -0.39 is 10.8 Å². The number of benzene rings is 2. The topological polar surface area (TPSA) is 98.9 Å². The van der Waals surface area contributed by atoms with Gasteiger partial charge in [-0.3, -0.25) is 20.1 Å². The second-order valence-corrected chi connectivity index (χ2v) is 5.80. The molecule has 0 unspecified atom stereocenters. The van der Waals surface area contributed by atoms with Gasteiger partial charge >= 0.3 is 0 Å². The molecular formula is C17H17FN4O4. The van der Waals surface area contributed by atoms with E-state index in [1.807, 2.05) is 4.90 Å². The highest BCUT2D eigenvalue weighted by molar-refractivity contribution is 6.01. The molecule has 1 fully saturated rings. The van der Waals surface area contributed by atoms with Crippen molar-refractivity contribution < 1.29 is 19.3 Å². The van der Waals surface area contributed by atoms with Gasteiger partial charge in [0.05, 0.1) is 16.2 Å². The molecule has 0 bridgehead atoms. The molecule has 9 heteroatoms. The van der Waals surface area contributed by atoms with E-state index in [0.717, 1.165) is 0 Å². The molecule has 1 aliphatic rings. The summed E-state index contributed by atoms with van der Waals surface area (Å²) in [7, 11) is 0. The van der Waals surface area contributed by atoms with Crippen LogP contribution < -0.4 is 15.3 Å². The maximum atomic E-state index is 14.0. The maximum Gasteiger partial charge on any atom is 0.293 e. The Hall–Kier alpha value is -3.20. The first-order valence-electron chi connectivity index (χ1n) is 7.99. The Morgan fingerprint density at radius 3 is 2.35 bits per heavy atom. The smallest absolute Gasteiger partial charge is 0.293 e. The number of piperazine rings is 1. The number of hydroxylamine groups is 1. The first-order valence-corrected chi connectivity index (χ1v) is 7.99. The van der Waals surface area contributed by atoms with Gasteiger partial charge in [-0.25, -0.2) is 9.87 Å². The number of para-hydroxylation sites is 2. The highest BCUT2D eigenvalue weighted by atomic mass is 19.1. The van der Waals surface area contributed by atoms with Gasteiger partial charge in [-0.2, -0.15) is 0 Å². The Balaban J connectivity index is 1.88. The number of amides is 1. The Morgan fingerprint density at radius 2 is 1.73 bits per heavy atom. The second kappa shape index (κ2) is 7.36. The van der Waals surface area contributed by atoms with Crippen molar-refractivity contribution in [3.63, 3.8) is 0 Å². The molecule has 136 valence electrons. The molecule has 0 radical (unpaired) electrons. The van der Waals surface area contributed by atoms with Gasteiger partial charge < -0.3 is 9.80 Å². The van der Waals surface area contributed by atoms with E-state index in [0.29, 0.717) is 31.9 Å². The number of halogens is 1. The Morgan fingerprint density at radius 1 is 1.08 bits per heavy atom. The number of carbonyl (C=O) groups is 1. The van der Waals surface area contributed by atoms with Crippen LogP contribution in [0.25, 0.3) is 0 Å². The zero-order chi connectivity index (χ0) is 18.7. The van der Waals surface area contributed by atoms with Crippen molar-refractivity contribution >= 4 is 23.0 Å². The molecule has 26 heavy (non-hydrogen) atoms. The van der Waals surface area contributed by atoms with Crippen LogP contribution in [-0.4, -0.2) is 42.2 Å². The van der Waals surface area contributed by atoms with E-state index in [2.05, 4.69) is 0 Å². The standard InChI is InChI=1S/C17H17FN4O4/c18-13-5-1-2-6-14(13)20-8-10-21(11-9-20)16-12(17(23)19-24)4-3-7-15(16)22(25)26/h1-7,24H,8-11H2,(H,19,23). The lowest BCUT2D eigenvalue weighted by Crippen LogP contribution is -2.47. The van der Waals surface area contributed by atoms with Gasteiger partial charge in [0.2, 0.25) is 0 Å². The number of rotatable bonds is 4. The van der Waals surface area contributed by atoms with Gasteiger partial charge in [0, 0.05) is 32.2 Å². The minimum Gasteiger partial charge on any atom is -0.366 e. The zero-order valence-corrected chi connectivity index (χ0v) is 13.8.